The fourth-order valence-electron chi connectivity index (χ4n) is 1.63. The molecule has 3 N–H and O–H groups in total. The minimum Gasteiger partial charge on any atom is -0.467 e. The average molecular weight is 250 g/mol. The van der Waals surface area contributed by atoms with Gasteiger partial charge in [0.2, 0.25) is 5.91 Å². The molecular weight excluding hydrogens is 232 g/mol. The van der Waals surface area contributed by atoms with Gasteiger partial charge in [-0.1, -0.05) is 30.3 Å². The zero-order valence-corrected chi connectivity index (χ0v) is 10.6. The highest BCUT2D eigenvalue weighted by Gasteiger charge is 2.23. The van der Waals surface area contributed by atoms with Crippen LogP contribution in [0.3, 0.4) is 0 Å². The number of benzene rings is 1. The first kappa shape index (κ1) is 14.2. The summed E-state index contributed by atoms with van der Waals surface area (Å²) >= 11 is 0. The van der Waals surface area contributed by atoms with E-state index in [4.69, 9.17) is 5.73 Å². The average Bonchev–Trinajstić information content (AvgIpc) is 2.39. The molecule has 1 aromatic carbocycles. The second kappa shape index (κ2) is 6.76. The third-order valence-corrected chi connectivity index (χ3v) is 2.67. The molecule has 1 unspecified atom stereocenters. The Balaban J connectivity index is 2.72. The number of hydrogen-bond donors (Lipinski definition) is 2. The van der Waals surface area contributed by atoms with Crippen LogP contribution in [0.5, 0.6) is 0 Å². The van der Waals surface area contributed by atoms with Crippen LogP contribution >= 0.6 is 0 Å². The van der Waals surface area contributed by atoms with Crippen molar-refractivity contribution in [2.24, 2.45) is 5.73 Å². The largest absolute Gasteiger partial charge is 0.467 e. The molecule has 0 aliphatic carbocycles. The summed E-state index contributed by atoms with van der Waals surface area (Å²) in [7, 11) is 1.28. The molecule has 5 heteroatoms. The number of nitrogens with one attached hydrogen (secondary N) is 1. The van der Waals surface area contributed by atoms with E-state index >= 15 is 0 Å². The number of ether oxygens (including phenoxy) is 1. The molecule has 0 spiro atoms. The van der Waals surface area contributed by atoms with Gasteiger partial charge in [-0.2, -0.15) is 0 Å². The topological polar surface area (TPSA) is 81.4 Å². The van der Waals surface area contributed by atoms with Crippen LogP contribution in [0.1, 0.15) is 18.4 Å². The summed E-state index contributed by atoms with van der Waals surface area (Å²) in [6, 6.07) is 8.54. The van der Waals surface area contributed by atoms with Gasteiger partial charge in [0.25, 0.3) is 0 Å². The number of nitrogens with two attached hydrogens (primary N) is 1. The lowest BCUT2D eigenvalue weighted by atomic mass is 9.98. The number of amides is 1. The van der Waals surface area contributed by atoms with Crippen LogP contribution in [0.15, 0.2) is 30.3 Å². The molecule has 0 saturated heterocycles. The van der Waals surface area contributed by atoms with Crippen molar-refractivity contribution in [3.05, 3.63) is 35.9 Å². The van der Waals surface area contributed by atoms with Gasteiger partial charge in [-0.3, -0.25) is 4.79 Å². The van der Waals surface area contributed by atoms with E-state index in [2.05, 4.69) is 10.1 Å². The van der Waals surface area contributed by atoms with Gasteiger partial charge in [0.1, 0.15) is 6.04 Å². The SMILES string of the molecule is COC(=O)[C@H](C)NC(=O)C(CN)c1ccccc1. The minimum absolute atomic E-state index is 0.184. The molecule has 0 aromatic heterocycles. The minimum atomic E-state index is -0.680. The molecule has 0 bridgehead atoms. The predicted octanol–water partition coefficient (Wildman–Crippen LogP) is 0.407. The lowest BCUT2D eigenvalue weighted by Gasteiger charge is -2.18. The van der Waals surface area contributed by atoms with E-state index in [0.29, 0.717) is 0 Å². The van der Waals surface area contributed by atoms with E-state index in [-0.39, 0.29) is 12.5 Å². The van der Waals surface area contributed by atoms with E-state index in [9.17, 15) is 9.59 Å². The molecule has 0 aliphatic heterocycles. The van der Waals surface area contributed by atoms with E-state index in [1.54, 1.807) is 6.92 Å². The first-order chi connectivity index (χ1) is 8.60. The molecule has 0 radical (unpaired) electrons. The molecule has 1 amide bonds. The highest BCUT2D eigenvalue weighted by molar-refractivity contribution is 5.88. The zero-order chi connectivity index (χ0) is 13.5. The van der Waals surface area contributed by atoms with E-state index < -0.39 is 17.9 Å². The van der Waals surface area contributed by atoms with E-state index in [1.165, 1.54) is 7.11 Å². The normalized spacial score (nSPS) is 13.5. The molecule has 0 saturated carbocycles. The lowest BCUT2D eigenvalue weighted by Crippen LogP contribution is -2.43. The molecule has 1 aromatic rings. The Morgan fingerprint density at radius 3 is 2.44 bits per heavy atom. The fourth-order valence-corrected chi connectivity index (χ4v) is 1.63. The zero-order valence-electron chi connectivity index (χ0n) is 10.6. The first-order valence-electron chi connectivity index (χ1n) is 5.73. The van der Waals surface area contributed by atoms with Crippen molar-refractivity contribution in [3.63, 3.8) is 0 Å². The molecule has 98 valence electrons. The van der Waals surface area contributed by atoms with Crippen molar-refractivity contribution in [1.29, 1.82) is 0 Å². The smallest absolute Gasteiger partial charge is 0.328 e. The second-order valence-electron chi connectivity index (χ2n) is 3.95. The Hall–Kier alpha value is -1.88. The Labute approximate surface area is 106 Å². The highest BCUT2D eigenvalue weighted by Crippen LogP contribution is 2.14. The predicted molar refractivity (Wildman–Crippen MR) is 67.9 cm³/mol. The molecule has 18 heavy (non-hydrogen) atoms. The Bertz CT molecular complexity index is 406. The van der Waals surface area contributed by atoms with E-state index in [1.807, 2.05) is 30.3 Å². The monoisotopic (exact) mass is 250 g/mol. The van der Waals surface area contributed by atoms with Crippen molar-refractivity contribution in [3.8, 4) is 0 Å². The summed E-state index contributed by atoms with van der Waals surface area (Å²) < 4.78 is 4.55. The van der Waals surface area contributed by atoms with Crippen LogP contribution in [0.2, 0.25) is 0 Å². The van der Waals surface area contributed by atoms with Gasteiger partial charge in [-0.05, 0) is 12.5 Å². The van der Waals surface area contributed by atoms with Gasteiger partial charge >= 0.3 is 5.97 Å². The summed E-state index contributed by atoms with van der Waals surface area (Å²) in [5.74, 6) is -1.22. The first-order valence-corrected chi connectivity index (χ1v) is 5.73. The third-order valence-electron chi connectivity index (χ3n) is 2.67. The molecule has 5 nitrogen and oxygen atoms in total. The third kappa shape index (κ3) is 3.56. The summed E-state index contributed by atoms with van der Waals surface area (Å²) in [5, 5.41) is 2.59. The maximum absolute atomic E-state index is 12.0. The van der Waals surface area contributed by atoms with Crippen LogP contribution in [-0.2, 0) is 14.3 Å². The van der Waals surface area contributed by atoms with Gasteiger partial charge in [0, 0.05) is 6.54 Å². The number of hydrogen-bond acceptors (Lipinski definition) is 4. The van der Waals surface area contributed by atoms with Gasteiger partial charge in [-0.15, -0.1) is 0 Å². The quantitative estimate of drug-likeness (QED) is 0.741. The number of carbonyl (C=O) groups excluding carboxylic acids is 2. The van der Waals surface area contributed by atoms with Crippen LogP contribution in [0.4, 0.5) is 0 Å². The van der Waals surface area contributed by atoms with Crippen molar-refractivity contribution in [2.75, 3.05) is 13.7 Å². The number of carbonyl (C=O) groups is 2. The fraction of sp³-hybridized carbons (Fsp3) is 0.385. The Kier molecular flexibility index (Phi) is 5.32. The van der Waals surface area contributed by atoms with Crippen molar-refractivity contribution in [1.82, 2.24) is 5.32 Å². The summed E-state index contributed by atoms with van der Waals surface area (Å²) in [4.78, 5) is 23.2. The second-order valence-corrected chi connectivity index (χ2v) is 3.95. The standard InChI is InChI=1S/C13H18N2O3/c1-9(13(17)18-2)15-12(16)11(8-14)10-6-4-3-5-7-10/h3-7,9,11H,8,14H2,1-2H3,(H,15,16)/t9-,11?/m0/s1. The lowest BCUT2D eigenvalue weighted by molar-refractivity contribution is -0.144. The molecule has 2 atom stereocenters. The van der Waals surface area contributed by atoms with Gasteiger partial charge in [0.05, 0.1) is 13.0 Å². The summed E-state index contributed by atoms with van der Waals surface area (Å²) in [6.45, 7) is 1.76. The molecule has 0 fully saturated rings. The van der Waals surface area contributed by atoms with Gasteiger partial charge < -0.3 is 15.8 Å². The van der Waals surface area contributed by atoms with Crippen molar-refractivity contribution < 1.29 is 14.3 Å². The molecule has 1 rings (SSSR count). The molecule has 0 aliphatic rings. The maximum Gasteiger partial charge on any atom is 0.328 e. The van der Waals surface area contributed by atoms with Crippen LogP contribution in [0, 0.1) is 0 Å². The van der Waals surface area contributed by atoms with Gasteiger partial charge in [-0.25, -0.2) is 4.79 Å². The van der Waals surface area contributed by atoms with Crippen LogP contribution < -0.4 is 11.1 Å². The number of esters is 1. The molecule has 0 heterocycles. The van der Waals surface area contributed by atoms with Crippen LogP contribution in [-0.4, -0.2) is 31.6 Å². The molecular formula is C13H18N2O3. The summed E-state index contributed by atoms with van der Waals surface area (Å²) in [5.41, 5.74) is 6.44. The van der Waals surface area contributed by atoms with Crippen molar-refractivity contribution in [2.45, 2.75) is 18.9 Å². The van der Waals surface area contributed by atoms with E-state index in [0.717, 1.165) is 5.56 Å². The number of rotatable bonds is 5. The summed E-state index contributed by atoms with van der Waals surface area (Å²) in [6.07, 6.45) is 0. The number of methoxy groups -OCH3 is 1. The van der Waals surface area contributed by atoms with Crippen molar-refractivity contribution >= 4 is 11.9 Å². The highest BCUT2D eigenvalue weighted by atomic mass is 16.5. The Morgan fingerprint density at radius 1 is 1.33 bits per heavy atom. The Morgan fingerprint density at radius 2 is 1.94 bits per heavy atom. The van der Waals surface area contributed by atoms with Crippen LogP contribution in [0.25, 0.3) is 0 Å². The van der Waals surface area contributed by atoms with Gasteiger partial charge in [0.15, 0.2) is 0 Å². The maximum atomic E-state index is 12.0.